The molecule has 0 radical (unpaired) electrons. The number of para-hydroxylation sites is 1. The molecule has 24 heavy (non-hydrogen) atoms. The van der Waals surface area contributed by atoms with Gasteiger partial charge in [0.05, 0.1) is 11.3 Å². The Bertz CT molecular complexity index is 782. The van der Waals surface area contributed by atoms with Crippen LogP contribution in [0.2, 0.25) is 5.02 Å². The molecule has 8 heteroatoms. The van der Waals surface area contributed by atoms with Gasteiger partial charge < -0.3 is 9.84 Å². The molecule has 0 aliphatic rings. The zero-order valence-corrected chi connectivity index (χ0v) is 13.2. The van der Waals surface area contributed by atoms with Gasteiger partial charge >= 0.3 is 6.61 Å². The molecule has 5 nitrogen and oxygen atoms in total. The molecular weight excluding hydrogens is 342 g/mol. The molecule has 0 bridgehead atoms. The fraction of sp³-hybridized carbons (Fsp3) is 0.125. The molecule has 0 heterocycles. The maximum absolute atomic E-state index is 12.4. The van der Waals surface area contributed by atoms with Crippen LogP contribution in [-0.4, -0.2) is 23.3 Å². The topological polar surface area (TPSA) is 70.9 Å². The van der Waals surface area contributed by atoms with Crippen LogP contribution in [0.15, 0.2) is 47.6 Å². The smallest absolute Gasteiger partial charge is 0.387 e. The van der Waals surface area contributed by atoms with E-state index < -0.39 is 12.5 Å². The summed E-state index contributed by atoms with van der Waals surface area (Å²) in [7, 11) is 0. The standard InChI is InChI=1S/C16H13ClF2N2O3/c1-9(11-4-2-3-5-14(11)24-16(18)19)20-21-15(23)12-8-10(17)6-7-13(12)22/h2-8,16,22H,1H3,(H,21,23)/b20-9-. The number of amides is 1. The van der Waals surface area contributed by atoms with Gasteiger partial charge in [-0.15, -0.1) is 0 Å². The van der Waals surface area contributed by atoms with Crippen LogP contribution >= 0.6 is 11.6 Å². The van der Waals surface area contributed by atoms with E-state index in [4.69, 9.17) is 11.6 Å². The maximum atomic E-state index is 12.4. The third kappa shape index (κ3) is 4.42. The van der Waals surface area contributed by atoms with Crippen LogP contribution in [0.4, 0.5) is 8.78 Å². The van der Waals surface area contributed by atoms with Crippen LogP contribution in [0.5, 0.6) is 11.5 Å². The van der Waals surface area contributed by atoms with Crippen molar-refractivity contribution in [3.05, 3.63) is 58.6 Å². The van der Waals surface area contributed by atoms with Crippen LogP contribution < -0.4 is 10.2 Å². The number of aromatic hydroxyl groups is 1. The van der Waals surface area contributed by atoms with Crippen LogP contribution in [0.3, 0.4) is 0 Å². The van der Waals surface area contributed by atoms with Crippen molar-refractivity contribution in [1.82, 2.24) is 5.43 Å². The van der Waals surface area contributed by atoms with E-state index in [1.807, 2.05) is 0 Å². The summed E-state index contributed by atoms with van der Waals surface area (Å²) in [6.45, 7) is -1.46. The van der Waals surface area contributed by atoms with Gasteiger partial charge in [0.25, 0.3) is 5.91 Å². The number of nitrogens with zero attached hydrogens (tertiary/aromatic N) is 1. The van der Waals surface area contributed by atoms with Gasteiger partial charge in [-0.2, -0.15) is 13.9 Å². The van der Waals surface area contributed by atoms with E-state index in [1.54, 1.807) is 6.07 Å². The van der Waals surface area contributed by atoms with Crippen molar-refractivity contribution in [2.75, 3.05) is 0 Å². The van der Waals surface area contributed by atoms with Crippen molar-refractivity contribution in [3.8, 4) is 11.5 Å². The number of carbonyl (C=O) groups is 1. The molecule has 2 N–H and O–H groups in total. The van der Waals surface area contributed by atoms with Crippen LogP contribution in [0.25, 0.3) is 0 Å². The maximum Gasteiger partial charge on any atom is 0.387 e. The Morgan fingerprint density at radius 1 is 1.25 bits per heavy atom. The molecule has 2 rings (SSSR count). The van der Waals surface area contributed by atoms with E-state index in [0.717, 1.165) is 0 Å². The number of hydrazone groups is 1. The molecule has 0 saturated heterocycles. The monoisotopic (exact) mass is 354 g/mol. The molecule has 0 fully saturated rings. The van der Waals surface area contributed by atoms with Gasteiger partial charge in [-0.25, -0.2) is 5.43 Å². The predicted molar refractivity (Wildman–Crippen MR) is 85.9 cm³/mol. The number of nitrogens with one attached hydrogen (secondary N) is 1. The third-order valence-corrected chi connectivity index (χ3v) is 3.26. The lowest BCUT2D eigenvalue weighted by Gasteiger charge is -2.10. The SMILES string of the molecule is C/C(=N/NC(=O)c1cc(Cl)ccc1O)c1ccccc1OC(F)F. The minimum Gasteiger partial charge on any atom is -0.507 e. The number of hydrogen-bond acceptors (Lipinski definition) is 4. The van der Waals surface area contributed by atoms with Crippen LogP contribution in [0, 0.1) is 0 Å². The minimum atomic E-state index is -2.98. The minimum absolute atomic E-state index is 0.0591. The summed E-state index contributed by atoms with van der Waals surface area (Å²) in [5.74, 6) is -1.01. The summed E-state index contributed by atoms with van der Waals surface area (Å²) in [6.07, 6.45) is 0. The highest BCUT2D eigenvalue weighted by Gasteiger charge is 2.13. The van der Waals surface area contributed by atoms with Crippen molar-refractivity contribution >= 4 is 23.2 Å². The fourth-order valence-corrected chi connectivity index (χ4v) is 2.08. The highest BCUT2D eigenvalue weighted by atomic mass is 35.5. The Morgan fingerprint density at radius 3 is 2.67 bits per heavy atom. The predicted octanol–water partition coefficient (Wildman–Crippen LogP) is 3.80. The molecule has 0 atom stereocenters. The van der Waals surface area contributed by atoms with Crippen molar-refractivity contribution < 1.29 is 23.4 Å². The zero-order chi connectivity index (χ0) is 17.7. The van der Waals surface area contributed by atoms with Crippen LogP contribution in [0.1, 0.15) is 22.8 Å². The molecular formula is C16H13ClF2N2O3. The molecule has 1 amide bonds. The van der Waals surface area contributed by atoms with Crippen molar-refractivity contribution in [1.29, 1.82) is 0 Å². The van der Waals surface area contributed by atoms with Gasteiger partial charge in [-0.05, 0) is 37.3 Å². The first-order chi connectivity index (χ1) is 11.4. The van der Waals surface area contributed by atoms with Gasteiger partial charge in [0.1, 0.15) is 11.5 Å². The largest absolute Gasteiger partial charge is 0.507 e. The summed E-state index contributed by atoms with van der Waals surface area (Å²) in [4.78, 5) is 12.0. The molecule has 0 aliphatic carbocycles. The van der Waals surface area contributed by atoms with Gasteiger partial charge in [0, 0.05) is 10.6 Å². The highest BCUT2D eigenvalue weighted by Crippen LogP contribution is 2.22. The second kappa shape index (κ2) is 7.74. The number of alkyl halides is 2. The summed E-state index contributed by atoms with van der Waals surface area (Å²) < 4.78 is 29.2. The molecule has 0 spiro atoms. The number of hydrogen-bond donors (Lipinski definition) is 2. The number of ether oxygens (including phenoxy) is 1. The average Bonchev–Trinajstić information content (AvgIpc) is 2.54. The van der Waals surface area contributed by atoms with E-state index >= 15 is 0 Å². The van der Waals surface area contributed by atoms with Crippen molar-refractivity contribution in [2.45, 2.75) is 13.5 Å². The van der Waals surface area contributed by atoms with E-state index in [1.165, 1.54) is 43.3 Å². The molecule has 0 saturated carbocycles. The normalized spacial score (nSPS) is 11.5. The third-order valence-electron chi connectivity index (χ3n) is 3.02. The van der Waals surface area contributed by atoms with E-state index in [0.29, 0.717) is 5.56 Å². The summed E-state index contributed by atoms with van der Waals surface area (Å²) >= 11 is 5.77. The zero-order valence-electron chi connectivity index (χ0n) is 12.5. The molecule has 2 aromatic carbocycles. The lowest BCUT2D eigenvalue weighted by Crippen LogP contribution is -2.19. The number of rotatable bonds is 5. The highest BCUT2D eigenvalue weighted by molar-refractivity contribution is 6.31. The number of phenolic OH excluding ortho intramolecular Hbond substituents is 1. The lowest BCUT2D eigenvalue weighted by molar-refractivity contribution is -0.0499. The van der Waals surface area contributed by atoms with Gasteiger partial charge in [0.2, 0.25) is 0 Å². The molecule has 126 valence electrons. The number of phenols is 1. The second-order valence-corrected chi connectivity index (χ2v) is 5.11. The Kier molecular flexibility index (Phi) is 5.70. The Balaban J connectivity index is 2.20. The average molecular weight is 355 g/mol. The summed E-state index contributed by atoms with van der Waals surface area (Å²) in [5.41, 5.74) is 2.72. The van der Waals surface area contributed by atoms with Crippen molar-refractivity contribution in [3.63, 3.8) is 0 Å². The Morgan fingerprint density at radius 2 is 1.96 bits per heavy atom. The van der Waals surface area contributed by atoms with Gasteiger partial charge in [0.15, 0.2) is 0 Å². The first-order valence-corrected chi connectivity index (χ1v) is 7.13. The summed E-state index contributed by atoms with van der Waals surface area (Å²) in [5, 5.41) is 13.8. The fourth-order valence-electron chi connectivity index (χ4n) is 1.91. The first kappa shape index (κ1) is 17.7. The number of halogens is 3. The Labute approximate surface area is 141 Å². The molecule has 0 aromatic heterocycles. The van der Waals surface area contributed by atoms with Crippen molar-refractivity contribution in [2.24, 2.45) is 5.10 Å². The lowest BCUT2D eigenvalue weighted by atomic mass is 10.1. The van der Waals surface area contributed by atoms with E-state index in [2.05, 4.69) is 15.3 Å². The second-order valence-electron chi connectivity index (χ2n) is 4.67. The van der Waals surface area contributed by atoms with Crippen LogP contribution in [-0.2, 0) is 0 Å². The molecule has 2 aromatic rings. The molecule has 0 aliphatic heterocycles. The summed E-state index contributed by atoms with van der Waals surface area (Å²) in [6, 6.07) is 10.0. The van der Waals surface area contributed by atoms with Gasteiger partial charge in [-0.1, -0.05) is 23.7 Å². The number of carbonyl (C=O) groups excluding carboxylic acids is 1. The first-order valence-electron chi connectivity index (χ1n) is 6.76. The van der Waals surface area contributed by atoms with Gasteiger partial charge in [-0.3, -0.25) is 4.79 Å². The Hall–Kier alpha value is -2.67. The number of benzene rings is 2. The molecule has 0 unspecified atom stereocenters. The van der Waals surface area contributed by atoms with E-state index in [-0.39, 0.29) is 27.8 Å². The van der Waals surface area contributed by atoms with E-state index in [9.17, 15) is 18.7 Å². The quantitative estimate of drug-likeness (QED) is 0.633.